The Morgan fingerprint density at radius 1 is 0.810 bits per heavy atom. The zero-order chi connectivity index (χ0) is 14.7. The van der Waals surface area contributed by atoms with Crippen LogP contribution in [0.25, 0.3) is 0 Å². The lowest BCUT2D eigenvalue weighted by molar-refractivity contribution is 0.0727. The SMILES string of the molecule is N=CC1CCCCC12CCCC(C(=N)C1CCCCC1)C2. The molecule has 0 heterocycles. The lowest BCUT2D eigenvalue weighted by atomic mass is 9.56. The zero-order valence-electron chi connectivity index (χ0n) is 13.5. The van der Waals surface area contributed by atoms with Crippen molar-refractivity contribution in [1.29, 1.82) is 10.8 Å². The van der Waals surface area contributed by atoms with Crippen LogP contribution in [0, 0.1) is 34.0 Å². The Labute approximate surface area is 130 Å². The van der Waals surface area contributed by atoms with E-state index in [9.17, 15) is 0 Å². The first-order chi connectivity index (χ1) is 10.2. The Bertz CT molecular complexity index is 379. The molecule has 2 heteroatoms. The van der Waals surface area contributed by atoms with E-state index < -0.39 is 0 Å². The minimum atomic E-state index is 0.393. The molecule has 0 aromatic carbocycles. The second kappa shape index (κ2) is 6.62. The predicted molar refractivity (Wildman–Crippen MR) is 89.4 cm³/mol. The van der Waals surface area contributed by atoms with Gasteiger partial charge in [0.05, 0.1) is 0 Å². The number of rotatable bonds is 3. The third-order valence-corrected chi connectivity index (χ3v) is 6.79. The smallest absolute Gasteiger partial charge is 0.0151 e. The summed E-state index contributed by atoms with van der Waals surface area (Å²) in [5.41, 5.74) is 1.49. The first-order valence-corrected chi connectivity index (χ1v) is 9.34. The molecule has 0 saturated heterocycles. The van der Waals surface area contributed by atoms with Gasteiger partial charge in [-0.2, -0.15) is 0 Å². The molecule has 0 aromatic heterocycles. The highest BCUT2D eigenvalue weighted by atomic mass is 14.6. The van der Waals surface area contributed by atoms with Crippen LogP contribution in [0.2, 0.25) is 0 Å². The van der Waals surface area contributed by atoms with E-state index in [0.717, 1.165) is 5.71 Å². The van der Waals surface area contributed by atoms with Crippen molar-refractivity contribution < 1.29 is 0 Å². The van der Waals surface area contributed by atoms with Gasteiger partial charge in [0.25, 0.3) is 0 Å². The highest BCUT2D eigenvalue weighted by Gasteiger charge is 2.44. The zero-order valence-corrected chi connectivity index (χ0v) is 13.5. The lowest BCUT2D eigenvalue weighted by Gasteiger charge is -2.48. The molecule has 21 heavy (non-hydrogen) atoms. The van der Waals surface area contributed by atoms with Crippen molar-refractivity contribution in [1.82, 2.24) is 0 Å². The molecule has 0 amide bonds. The standard InChI is InChI=1S/C19H32N2/c20-14-17-10-4-5-11-19(17)12-6-9-16(13-19)18(21)15-7-2-1-3-8-15/h14-17,20-21H,1-13H2. The van der Waals surface area contributed by atoms with Crippen LogP contribution in [0.1, 0.15) is 83.5 Å². The van der Waals surface area contributed by atoms with E-state index in [0.29, 0.717) is 23.2 Å². The molecule has 0 bridgehead atoms. The quantitative estimate of drug-likeness (QED) is 0.635. The van der Waals surface area contributed by atoms with Crippen molar-refractivity contribution >= 4 is 11.9 Å². The molecule has 2 N–H and O–H groups in total. The molecule has 3 saturated carbocycles. The van der Waals surface area contributed by atoms with E-state index >= 15 is 0 Å². The van der Waals surface area contributed by atoms with Gasteiger partial charge < -0.3 is 10.8 Å². The van der Waals surface area contributed by atoms with E-state index in [1.165, 1.54) is 83.5 Å². The molecule has 0 aromatic rings. The molecule has 3 fully saturated rings. The highest BCUT2D eigenvalue weighted by Crippen LogP contribution is 2.52. The second-order valence-corrected chi connectivity index (χ2v) is 7.96. The fraction of sp³-hybridized carbons (Fsp3) is 0.895. The van der Waals surface area contributed by atoms with Crippen LogP contribution < -0.4 is 0 Å². The Kier molecular flexibility index (Phi) is 4.81. The average Bonchev–Trinajstić information content (AvgIpc) is 2.55. The minimum Gasteiger partial charge on any atom is -0.313 e. The summed E-state index contributed by atoms with van der Waals surface area (Å²) in [6, 6.07) is 0. The maximum absolute atomic E-state index is 8.75. The summed E-state index contributed by atoms with van der Waals surface area (Å²) in [7, 11) is 0. The van der Waals surface area contributed by atoms with Gasteiger partial charge in [0, 0.05) is 5.71 Å². The molecule has 0 radical (unpaired) electrons. The van der Waals surface area contributed by atoms with E-state index in [4.69, 9.17) is 10.8 Å². The molecule has 118 valence electrons. The largest absolute Gasteiger partial charge is 0.313 e. The first-order valence-electron chi connectivity index (χ1n) is 9.34. The summed E-state index contributed by atoms with van der Waals surface area (Å²) < 4.78 is 0. The van der Waals surface area contributed by atoms with Crippen LogP contribution in [-0.4, -0.2) is 11.9 Å². The van der Waals surface area contributed by atoms with E-state index in [1.54, 1.807) is 6.21 Å². The van der Waals surface area contributed by atoms with Crippen LogP contribution in [0.4, 0.5) is 0 Å². The molecule has 3 aliphatic rings. The molecule has 3 unspecified atom stereocenters. The molecular weight excluding hydrogens is 256 g/mol. The minimum absolute atomic E-state index is 0.393. The van der Waals surface area contributed by atoms with Crippen molar-refractivity contribution in [3.8, 4) is 0 Å². The molecule has 3 rings (SSSR count). The number of hydrogen-bond donors (Lipinski definition) is 2. The average molecular weight is 288 g/mol. The summed E-state index contributed by atoms with van der Waals surface area (Å²) in [4.78, 5) is 0. The van der Waals surface area contributed by atoms with Gasteiger partial charge in [-0.1, -0.05) is 38.5 Å². The topological polar surface area (TPSA) is 47.7 Å². The van der Waals surface area contributed by atoms with E-state index in [1.807, 2.05) is 0 Å². The van der Waals surface area contributed by atoms with Gasteiger partial charge >= 0.3 is 0 Å². The Morgan fingerprint density at radius 2 is 1.48 bits per heavy atom. The Morgan fingerprint density at radius 3 is 2.24 bits per heavy atom. The maximum atomic E-state index is 8.75. The fourth-order valence-corrected chi connectivity index (χ4v) is 5.56. The molecule has 1 spiro atoms. The Hall–Kier alpha value is -0.660. The molecule has 3 atom stereocenters. The van der Waals surface area contributed by atoms with Crippen LogP contribution in [-0.2, 0) is 0 Å². The molecular formula is C19H32N2. The van der Waals surface area contributed by atoms with Gasteiger partial charge in [0.15, 0.2) is 0 Å². The third-order valence-electron chi connectivity index (χ3n) is 6.79. The van der Waals surface area contributed by atoms with E-state index in [-0.39, 0.29) is 0 Å². The van der Waals surface area contributed by atoms with Crippen LogP contribution in [0.5, 0.6) is 0 Å². The van der Waals surface area contributed by atoms with Crippen molar-refractivity contribution in [2.24, 2.45) is 23.2 Å². The summed E-state index contributed by atoms with van der Waals surface area (Å²) in [5.74, 6) is 1.65. The second-order valence-electron chi connectivity index (χ2n) is 7.96. The van der Waals surface area contributed by atoms with Gasteiger partial charge in [-0.15, -0.1) is 0 Å². The van der Waals surface area contributed by atoms with Crippen molar-refractivity contribution in [2.75, 3.05) is 0 Å². The number of nitrogens with one attached hydrogen (secondary N) is 2. The highest BCUT2D eigenvalue weighted by molar-refractivity contribution is 5.86. The summed E-state index contributed by atoms with van der Waals surface area (Å²) in [6.45, 7) is 0. The lowest BCUT2D eigenvalue weighted by Crippen LogP contribution is -2.42. The normalized spacial score (nSPS) is 38.3. The van der Waals surface area contributed by atoms with Crippen LogP contribution in [0.15, 0.2) is 0 Å². The van der Waals surface area contributed by atoms with E-state index in [2.05, 4.69) is 0 Å². The maximum Gasteiger partial charge on any atom is 0.0151 e. The van der Waals surface area contributed by atoms with Gasteiger partial charge in [-0.05, 0) is 74.3 Å². The first kappa shape index (κ1) is 15.2. The van der Waals surface area contributed by atoms with Crippen molar-refractivity contribution in [2.45, 2.75) is 83.5 Å². The molecule has 0 aliphatic heterocycles. The van der Waals surface area contributed by atoms with Crippen LogP contribution in [0.3, 0.4) is 0 Å². The predicted octanol–water partition coefficient (Wildman–Crippen LogP) is 5.60. The van der Waals surface area contributed by atoms with Gasteiger partial charge in [0.2, 0.25) is 0 Å². The summed E-state index contributed by atoms with van der Waals surface area (Å²) in [5, 5.41) is 16.6. The van der Waals surface area contributed by atoms with Crippen molar-refractivity contribution in [3.05, 3.63) is 0 Å². The third kappa shape index (κ3) is 3.10. The molecule has 3 aliphatic carbocycles. The van der Waals surface area contributed by atoms with Gasteiger partial charge in [0.1, 0.15) is 0 Å². The fourth-order valence-electron chi connectivity index (χ4n) is 5.56. The summed E-state index contributed by atoms with van der Waals surface area (Å²) in [6.07, 6.45) is 18.7. The number of hydrogen-bond acceptors (Lipinski definition) is 2. The van der Waals surface area contributed by atoms with Crippen molar-refractivity contribution in [3.63, 3.8) is 0 Å². The Balaban J connectivity index is 1.69. The monoisotopic (exact) mass is 288 g/mol. The molecule has 2 nitrogen and oxygen atoms in total. The summed E-state index contributed by atoms with van der Waals surface area (Å²) >= 11 is 0. The van der Waals surface area contributed by atoms with Crippen LogP contribution >= 0.6 is 0 Å². The van der Waals surface area contributed by atoms with Gasteiger partial charge in [-0.25, -0.2) is 0 Å². The van der Waals surface area contributed by atoms with Gasteiger partial charge in [-0.3, -0.25) is 0 Å².